The molecule has 0 spiro atoms. The predicted molar refractivity (Wildman–Crippen MR) is 75.2 cm³/mol. The molecule has 5 heteroatoms. The molecule has 0 N–H and O–H groups in total. The van der Waals surface area contributed by atoms with Gasteiger partial charge in [-0.15, -0.1) is 0 Å². The van der Waals surface area contributed by atoms with Crippen LogP contribution in [0.1, 0.15) is 40.5 Å². The summed E-state index contributed by atoms with van der Waals surface area (Å²) in [6.45, 7) is 2.72. The maximum absolute atomic E-state index is 12.8. The molecular formula is C15H18N4O. The number of amides is 1. The largest absolute Gasteiger partial charge is 0.330 e. The number of likely N-dealkylation sites (tertiary alicyclic amines) is 1. The van der Waals surface area contributed by atoms with Crippen molar-refractivity contribution in [3.05, 3.63) is 47.5 Å². The van der Waals surface area contributed by atoms with Crippen LogP contribution < -0.4 is 0 Å². The topological polar surface area (TPSA) is 51.0 Å². The molecule has 1 atom stereocenters. The Morgan fingerprint density at radius 3 is 2.90 bits per heavy atom. The van der Waals surface area contributed by atoms with Crippen molar-refractivity contribution in [3.8, 4) is 0 Å². The molecule has 20 heavy (non-hydrogen) atoms. The lowest BCUT2D eigenvalue weighted by Gasteiger charge is -2.25. The van der Waals surface area contributed by atoms with Crippen molar-refractivity contribution >= 4 is 5.91 Å². The van der Waals surface area contributed by atoms with Gasteiger partial charge in [0.05, 0.1) is 12.2 Å². The van der Waals surface area contributed by atoms with Gasteiger partial charge in [-0.25, -0.2) is 0 Å². The highest BCUT2D eigenvalue weighted by Gasteiger charge is 2.32. The maximum Gasteiger partial charge on any atom is 0.272 e. The highest BCUT2D eigenvalue weighted by atomic mass is 16.2. The van der Waals surface area contributed by atoms with E-state index in [1.165, 1.54) is 0 Å². The summed E-state index contributed by atoms with van der Waals surface area (Å²) in [5, 5.41) is 4.16. The zero-order valence-electron chi connectivity index (χ0n) is 11.8. The number of rotatable bonds is 2. The second-order valence-corrected chi connectivity index (χ2v) is 5.24. The smallest absolute Gasteiger partial charge is 0.272 e. The molecule has 2 aromatic heterocycles. The van der Waals surface area contributed by atoms with Crippen molar-refractivity contribution < 1.29 is 4.79 Å². The van der Waals surface area contributed by atoms with E-state index < -0.39 is 0 Å². The molecule has 0 radical (unpaired) electrons. The van der Waals surface area contributed by atoms with Gasteiger partial charge in [-0.2, -0.15) is 5.10 Å². The highest BCUT2D eigenvalue weighted by Crippen LogP contribution is 2.32. The lowest BCUT2D eigenvalue weighted by atomic mass is 10.1. The van der Waals surface area contributed by atoms with Crippen LogP contribution in [0.25, 0.3) is 0 Å². The van der Waals surface area contributed by atoms with E-state index in [9.17, 15) is 4.79 Å². The van der Waals surface area contributed by atoms with E-state index in [1.807, 2.05) is 37.2 Å². The quantitative estimate of drug-likeness (QED) is 0.839. The fourth-order valence-electron chi connectivity index (χ4n) is 2.92. The summed E-state index contributed by atoms with van der Waals surface area (Å²) in [5.74, 6) is 0.0638. The number of nitrogens with zero attached hydrogens (tertiary/aromatic N) is 4. The van der Waals surface area contributed by atoms with Gasteiger partial charge < -0.3 is 4.90 Å². The predicted octanol–water partition coefficient (Wildman–Crippen LogP) is 2.10. The minimum Gasteiger partial charge on any atom is -0.330 e. The molecule has 0 bridgehead atoms. The van der Waals surface area contributed by atoms with Gasteiger partial charge in [0.2, 0.25) is 0 Å². The molecule has 0 aromatic carbocycles. The molecule has 1 aliphatic heterocycles. The van der Waals surface area contributed by atoms with Crippen LogP contribution in [0.4, 0.5) is 0 Å². The number of aromatic nitrogens is 3. The molecule has 3 rings (SSSR count). The van der Waals surface area contributed by atoms with E-state index >= 15 is 0 Å². The van der Waals surface area contributed by atoms with Crippen molar-refractivity contribution in [2.75, 3.05) is 6.54 Å². The Hall–Kier alpha value is -2.17. The van der Waals surface area contributed by atoms with Gasteiger partial charge >= 0.3 is 0 Å². The third kappa shape index (κ3) is 2.09. The summed E-state index contributed by atoms with van der Waals surface area (Å²) in [6, 6.07) is 4.09. The Bertz CT molecular complexity index is 601. The standard InChI is InChI=1S/C15H18N4O/c1-11-9-17-18(2)14(11)15(20)19-8-4-6-13(19)12-5-3-7-16-10-12/h3,5,7,9-10,13H,4,6,8H2,1-2H3. The molecular weight excluding hydrogens is 252 g/mol. The summed E-state index contributed by atoms with van der Waals surface area (Å²) >= 11 is 0. The molecule has 5 nitrogen and oxygen atoms in total. The Morgan fingerprint density at radius 1 is 1.40 bits per heavy atom. The van der Waals surface area contributed by atoms with Crippen LogP contribution in [-0.4, -0.2) is 32.1 Å². The Morgan fingerprint density at radius 2 is 2.25 bits per heavy atom. The summed E-state index contributed by atoms with van der Waals surface area (Å²) < 4.78 is 1.66. The third-order valence-corrected chi connectivity index (χ3v) is 3.91. The summed E-state index contributed by atoms with van der Waals surface area (Å²) in [6.07, 6.45) is 7.38. The number of aryl methyl sites for hydroxylation is 2. The van der Waals surface area contributed by atoms with Crippen molar-refractivity contribution in [1.82, 2.24) is 19.7 Å². The van der Waals surface area contributed by atoms with Crippen LogP contribution in [0.2, 0.25) is 0 Å². The van der Waals surface area contributed by atoms with Gasteiger partial charge in [-0.1, -0.05) is 6.07 Å². The van der Waals surface area contributed by atoms with Gasteiger partial charge in [-0.3, -0.25) is 14.5 Å². The Balaban J connectivity index is 1.91. The van der Waals surface area contributed by atoms with E-state index in [0.717, 1.165) is 30.5 Å². The summed E-state index contributed by atoms with van der Waals surface area (Å²) in [4.78, 5) is 18.9. The van der Waals surface area contributed by atoms with Crippen LogP contribution in [-0.2, 0) is 7.05 Å². The van der Waals surface area contributed by atoms with Gasteiger partial charge in [0.1, 0.15) is 5.69 Å². The molecule has 1 saturated heterocycles. The number of carbonyl (C=O) groups is 1. The van der Waals surface area contributed by atoms with Crippen LogP contribution in [0, 0.1) is 6.92 Å². The number of hydrogen-bond acceptors (Lipinski definition) is 3. The van der Waals surface area contributed by atoms with Crippen molar-refractivity contribution in [2.24, 2.45) is 7.05 Å². The second-order valence-electron chi connectivity index (χ2n) is 5.24. The van der Waals surface area contributed by atoms with E-state index in [2.05, 4.69) is 10.1 Å². The average Bonchev–Trinajstić information content (AvgIpc) is 3.07. The molecule has 1 fully saturated rings. The second kappa shape index (κ2) is 5.07. The fourth-order valence-corrected chi connectivity index (χ4v) is 2.92. The molecule has 1 aliphatic rings. The van der Waals surface area contributed by atoms with Crippen LogP contribution in [0.15, 0.2) is 30.7 Å². The average molecular weight is 270 g/mol. The van der Waals surface area contributed by atoms with Crippen LogP contribution in [0.5, 0.6) is 0 Å². The zero-order chi connectivity index (χ0) is 14.1. The first-order valence-electron chi connectivity index (χ1n) is 6.88. The molecule has 1 amide bonds. The summed E-state index contributed by atoms with van der Waals surface area (Å²) in [7, 11) is 1.81. The van der Waals surface area contributed by atoms with Crippen molar-refractivity contribution in [1.29, 1.82) is 0 Å². The molecule has 2 aromatic rings. The van der Waals surface area contributed by atoms with E-state index in [0.29, 0.717) is 5.69 Å². The molecule has 104 valence electrons. The third-order valence-electron chi connectivity index (χ3n) is 3.91. The van der Waals surface area contributed by atoms with Gasteiger partial charge in [-0.05, 0) is 37.0 Å². The first-order chi connectivity index (χ1) is 9.68. The van der Waals surface area contributed by atoms with Crippen molar-refractivity contribution in [3.63, 3.8) is 0 Å². The van der Waals surface area contributed by atoms with E-state index in [-0.39, 0.29) is 11.9 Å². The molecule has 0 saturated carbocycles. The molecule has 1 unspecified atom stereocenters. The van der Waals surface area contributed by atoms with E-state index in [1.54, 1.807) is 17.1 Å². The lowest BCUT2D eigenvalue weighted by Crippen LogP contribution is -2.32. The first-order valence-corrected chi connectivity index (χ1v) is 6.88. The summed E-state index contributed by atoms with van der Waals surface area (Å²) in [5.41, 5.74) is 2.72. The van der Waals surface area contributed by atoms with Crippen molar-refractivity contribution in [2.45, 2.75) is 25.8 Å². The van der Waals surface area contributed by atoms with Gasteiger partial charge in [0.15, 0.2) is 0 Å². The van der Waals surface area contributed by atoms with Crippen LogP contribution >= 0.6 is 0 Å². The number of hydrogen-bond donors (Lipinski definition) is 0. The van der Waals surface area contributed by atoms with E-state index in [4.69, 9.17) is 0 Å². The fraction of sp³-hybridized carbons (Fsp3) is 0.400. The highest BCUT2D eigenvalue weighted by molar-refractivity contribution is 5.94. The normalized spacial score (nSPS) is 18.5. The zero-order valence-corrected chi connectivity index (χ0v) is 11.8. The molecule has 3 heterocycles. The molecule has 0 aliphatic carbocycles. The minimum absolute atomic E-state index is 0.0638. The number of pyridine rings is 1. The van der Waals surface area contributed by atoms with Crippen LogP contribution in [0.3, 0.4) is 0 Å². The Labute approximate surface area is 118 Å². The number of carbonyl (C=O) groups excluding carboxylic acids is 1. The SMILES string of the molecule is Cc1cnn(C)c1C(=O)N1CCCC1c1cccnc1. The van der Waals surface area contributed by atoms with Gasteiger partial charge in [0.25, 0.3) is 5.91 Å². The lowest BCUT2D eigenvalue weighted by molar-refractivity contribution is 0.0723. The Kier molecular flexibility index (Phi) is 3.26. The first kappa shape index (κ1) is 12.8. The monoisotopic (exact) mass is 270 g/mol. The minimum atomic E-state index is 0.0638. The maximum atomic E-state index is 12.8. The van der Waals surface area contributed by atoms with Gasteiger partial charge in [0, 0.05) is 26.0 Å².